The summed E-state index contributed by atoms with van der Waals surface area (Å²) in [4.78, 5) is 29.1. The Morgan fingerprint density at radius 1 is 1.08 bits per heavy atom. The largest absolute Gasteiger partial charge is 0.492 e. The first-order chi connectivity index (χ1) is 17.7. The van der Waals surface area contributed by atoms with Gasteiger partial charge in [0.1, 0.15) is 11.3 Å². The number of furan rings is 1. The Balaban J connectivity index is 1.67. The fourth-order valence-corrected chi connectivity index (χ4v) is 3.78. The first-order valence-corrected chi connectivity index (χ1v) is 11.7. The van der Waals surface area contributed by atoms with Gasteiger partial charge >= 0.3 is 0 Å². The van der Waals surface area contributed by atoms with Crippen molar-refractivity contribution in [3.63, 3.8) is 0 Å². The van der Waals surface area contributed by atoms with Gasteiger partial charge in [0.05, 0.1) is 28.6 Å². The number of rotatable bonds is 6. The van der Waals surface area contributed by atoms with Crippen molar-refractivity contribution >= 4 is 33.8 Å². The number of ether oxygens (including phenoxy) is 1. The molecule has 0 fully saturated rings. The third-order valence-electron chi connectivity index (χ3n) is 5.58. The number of hydrogen-bond donors (Lipinski definition) is 0. The minimum atomic E-state index is -0.492. The Bertz CT molecular complexity index is 1690. The molecule has 5 aromatic rings. The van der Waals surface area contributed by atoms with Crippen LogP contribution >= 0.6 is 0 Å². The van der Waals surface area contributed by atoms with Crippen molar-refractivity contribution in [3.8, 4) is 17.3 Å². The predicted octanol–water partition coefficient (Wildman–Crippen LogP) is 6.03. The predicted molar refractivity (Wildman–Crippen MR) is 142 cm³/mol. The summed E-state index contributed by atoms with van der Waals surface area (Å²) in [6.07, 6.45) is 1.37. The number of para-hydroxylation sites is 2. The molecular weight excluding hydrogens is 472 g/mol. The molecule has 0 radical (unpaired) electrons. The van der Waals surface area contributed by atoms with E-state index in [1.165, 1.54) is 24.4 Å². The van der Waals surface area contributed by atoms with Gasteiger partial charge in [0.25, 0.3) is 11.2 Å². The lowest BCUT2D eigenvalue weighted by molar-refractivity contribution is -0.384. The van der Waals surface area contributed by atoms with Crippen molar-refractivity contribution in [2.45, 2.75) is 20.8 Å². The lowest BCUT2D eigenvalue weighted by atomic mass is 9.98. The molecule has 0 atom stereocenters. The second-order valence-corrected chi connectivity index (χ2v) is 9.79. The molecule has 9 heteroatoms. The number of fused-ring (bicyclic) bond motifs is 2. The maximum absolute atomic E-state index is 13.5. The molecule has 0 spiro atoms. The van der Waals surface area contributed by atoms with Crippen LogP contribution in [0.5, 0.6) is 5.75 Å². The van der Waals surface area contributed by atoms with Gasteiger partial charge in [0, 0.05) is 23.1 Å². The van der Waals surface area contributed by atoms with Crippen LogP contribution < -0.4 is 10.3 Å². The summed E-state index contributed by atoms with van der Waals surface area (Å²) in [7, 11) is 0. The van der Waals surface area contributed by atoms with Crippen LogP contribution in [0.3, 0.4) is 0 Å². The second-order valence-electron chi connectivity index (χ2n) is 9.79. The molecule has 3 aromatic carbocycles. The number of nitro benzene ring substituents is 1. The van der Waals surface area contributed by atoms with Gasteiger partial charge < -0.3 is 9.15 Å². The molecule has 186 valence electrons. The van der Waals surface area contributed by atoms with E-state index < -0.39 is 10.5 Å². The molecule has 0 unspecified atom stereocenters. The van der Waals surface area contributed by atoms with E-state index in [1.807, 2.05) is 45.0 Å². The minimum Gasteiger partial charge on any atom is -0.492 e. The summed E-state index contributed by atoms with van der Waals surface area (Å²) in [5.74, 6) is 0.986. The van der Waals surface area contributed by atoms with E-state index in [9.17, 15) is 14.9 Å². The van der Waals surface area contributed by atoms with Crippen LogP contribution in [0.2, 0.25) is 0 Å². The van der Waals surface area contributed by atoms with Gasteiger partial charge in [-0.2, -0.15) is 9.78 Å². The molecule has 0 aliphatic heterocycles. The van der Waals surface area contributed by atoms with E-state index in [4.69, 9.17) is 9.15 Å². The van der Waals surface area contributed by atoms with Crippen molar-refractivity contribution in [1.82, 2.24) is 9.66 Å². The first kappa shape index (κ1) is 23.9. The van der Waals surface area contributed by atoms with Crippen LogP contribution in [-0.2, 0) is 0 Å². The molecule has 5 rings (SSSR count). The third-order valence-corrected chi connectivity index (χ3v) is 5.58. The molecule has 0 N–H and O–H groups in total. The van der Waals surface area contributed by atoms with Crippen molar-refractivity contribution in [2.24, 2.45) is 10.5 Å². The summed E-state index contributed by atoms with van der Waals surface area (Å²) in [5, 5.41) is 17.1. The van der Waals surface area contributed by atoms with Crippen LogP contribution in [0.15, 0.2) is 87.1 Å². The van der Waals surface area contributed by atoms with Gasteiger partial charge in [-0.05, 0) is 35.7 Å². The number of hydrogen-bond acceptors (Lipinski definition) is 7. The topological polar surface area (TPSA) is 113 Å². The molecular formula is C28H24N4O5. The Morgan fingerprint density at radius 3 is 2.59 bits per heavy atom. The number of aromatic nitrogens is 2. The third kappa shape index (κ3) is 4.97. The monoisotopic (exact) mass is 496 g/mol. The maximum atomic E-state index is 13.5. The summed E-state index contributed by atoms with van der Waals surface area (Å²) >= 11 is 0. The van der Waals surface area contributed by atoms with Gasteiger partial charge in [-0.25, -0.2) is 4.98 Å². The number of nitrogens with zero attached hydrogens (tertiary/aromatic N) is 4. The lowest BCUT2D eigenvalue weighted by Crippen LogP contribution is -2.20. The SMILES string of the molecule is CC(C)(C)COc1ccc([N+](=O)[O-])cc1C=Nn1c(-c2cc3ccccc3o2)nc2ccccc2c1=O. The van der Waals surface area contributed by atoms with Crippen LogP contribution in [0.25, 0.3) is 33.5 Å². The molecule has 2 heterocycles. The van der Waals surface area contributed by atoms with Crippen molar-refractivity contribution in [3.05, 3.63) is 98.8 Å². The fraction of sp³-hybridized carbons (Fsp3) is 0.179. The van der Waals surface area contributed by atoms with Gasteiger partial charge in [-0.1, -0.05) is 51.1 Å². The van der Waals surface area contributed by atoms with Gasteiger partial charge in [-0.15, -0.1) is 0 Å². The van der Waals surface area contributed by atoms with Crippen LogP contribution in [-0.4, -0.2) is 27.4 Å². The Morgan fingerprint density at radius 2 is 1.84 bits per heavy atom. The second kappa shape index (κ2) is 9.34. The highest BCUT2D eigenvalue weighted by molar-refractivity contribution is 5.86. The standard InChI is InChI=1S/C28H24N4O5/c1-28(2,3)17-36-23-13-12-20(32(34)35)14-19(23)16-29-31-26(25-15-18-8-4-7-11-24(18)37-25)30-22-10-6-5-9-21(22)27(31)33/h4-16H,17H2,1-3H3. The lowest BCUT2D eigenvalue weighted by Gasteiger charge is -2.19. The molecule has 0 aliphatic rings. The first-order valence-electron chi connectivity index (χ1n) is 11.7. The Hall–Kier alpha value is -4.79. The average molecular weight is 497 g/mol. The highest BCUT2D eigenvalue weighted by atomic mass is 16.6. The molecule has 9 nitrogen and oxygen atoms in total. The van der Waals surface area contributed by atoms with E-state index in [1.54, 1.807) is 30.3 Å². The van der Waals surface area contributed by atoms with Crippen molar-refractivity contribution in [1.29, 1.82) is 0 Å². The average Bonchev–Trinajstić information content (AvgIpc) is 3.31. The maximum Gasteiger partial charge on any atom is 0.282 e. The molecule has 0 amide bonds. The molecule has 0 saturated heterocycles. The minimum absolute atomic E-state index is 0.119. The summed E-state index contributed by atoms with van der Waals surface area (Å²) in [6.45, 7) is 6.44. The number of benzene rings is 3. The van der Waals surface area contributed by atoms with Crippen molar-refractivity contribution < 1.29 is 14.1 Å². The molecule has 0 aliphatic carbocycles. The van der Waals surface area contributed by atoms with Crippen molar-refractivity contribution in [2.75, 3.05) is 6.61 Å². The highest BCUT2D eigenvalue weighted by Gasteiger charge is 2.18. The highest BCUT2D eigenvalue weighted by Crippen LogP contribution is 2.28. The van der Waals surface area contributed by atoms with Crippen LogP contribution in [0, 0.1) is 15.5 Å². The zero-order valence-electron chi connectivity index (χ0n) is 20.5. The van der Waals surface area contributed by atoms with E-state index in [0.29, 0.717) is 40.2 Å². The normalized spacial score (nSPS) is 12.0. The summed E-state index contributed by atoms with van der Waals surface area (Å²) in [6, 6.07) is 20.5. The Kier molecular flexibility index (Phi) is 6.04. The van der Waals surface area contributed by atoms with Crippen LogP contribution in [0.1, 0.15) is 26.3 Å². The van der Waals surface area contributed by atoms with Gasteiger partial charge in [0.15, 0.2) is 5.76 Å². The number of non-ortho nitro benzene ring substituents is 1. The summed E-state index contributed by atoms with van der Waals surface area (Å²) < 4.78 is 13.1. The summed E-state index contributed by atoms with van der Waals surface area (Å²) in [5.41, 5.74) is 0.843. The molecule has 0 saturated carbocycles. The van der Waals surface area contributed by atoms with E-state index >= 15 is 0 Å². The van der Waals surface area contributed by atoms with E-state index in [2.05, 4.69) is 10.1 Å². The van der Waals surface area contributed by atoms with Gasteiger partial charge in [-0.3, -0.25) is 14.9 Å². The number of nitro groups is 1. The Labute approximate surface area is 211 Å². The fourth-order valence-electron chi connectivity index (χ4n) is 3.78. The van der Waals surface area contributed by atoms with Gasteiger partial charge in [0.2, 0.25) is 5.82 Å². The molecule has 37 heavy (non-hydrogen) atoms. The van der Waals surface area contributed by atoms with E-state index in [0.717, 1.165) is 10.1 Å². The quantitative estimate of drug-likeness (QED) is 0.161. The molecule has 0 bridgehead atoms. The zero-order chi connectivity index (χ0) is 26.2. The van der Waals surface area contributed by atoms with E-state index in [-0.39, 0.29) is 16.9 Å². The zero-order valence-corrected chi connectivity index (χ0v) is 20.5. The molecule has 2 aromatic heterocycles. The smallest absolute Gasteiger partial charge is 0.282 e. The van der Waals surface area contributed by atoms with Crippen LogP contribution in [0.4, 0.5) is 5.69 Å².